The van der Waals surface area contributed by atoms with Gasteiger partial charge < -0.3 is 10.0 Å². The van der Waals surface area contributed by atoms with Crippen LogP contribution in [-0.2, 0) is 4.79 Å². The molecule has 0 aromatic heterocycles. The van der Waals surface area contributed by atoms with E-state index in [-0.39, 0.29) is 23.6 Å². The third-order valence-electron chi connectivity index (χ3n) is 3.92. The predicted molar refractivity (Wildman–Crippen MR) is 78.6 cm³/mol. The Kier molecular flexibility index (Phi) is 3.18. The SMILES string of the molecule is CC[C@H]1C(=O)N(c2ccc(O)cc2)[C@@H]1c1ccccc1. The molecule has 0 radical (unpaired) electrons. The summed E-state index contributed by atoms with van der Waals surface area (Å²) in [4.78, 5) is 14.1. The van der Waals surface area contributed by atoms with Crippen LogP contribution in [0.2, 0.25) is 0 Å². The highest BCUT2D eigenvalue weighted by molar-refractivity contribution is 6.03. The highest BCUT2D eigenvalue weighted by Gasteiger charge is 2.47. The number of phenols is 1. The summed E-state index contributed by atoms with van der Waals surface area (Å²) in [5, 5.41) is 9.37. The third-order valence-corrected chi connectivity index (χ3v) is 3.92. The van der Waals surface area contributed by atoms with E-state index in [1.54, 1.807) is 24.3 Å². The number of β-lactam (4-membered cyclic amide) rings is 1. The van der Waals surface area contributed by atoms with Crippen molar-refractivity contribution < 1.29 is 9.90 Å². The summed E-state index contributed by atoms with van der Waals surface area (Å²) in [7, 11) is 0. The molecule has 0 spiro atoms. The van der Waals surface area contributed by atoms with Crippen LogP contribution in [0.5, 0.6) is 5.75 Å². The van der Waals surface area contributed by atoms with Crippen LogP contribution < -0.4 is 4.90 Å². The van der Waals surface area contributed by atoms with Crippen molar-refractivity contribution in [2.75, 3.05) is 4.90 Å². The first kappa shape index (κ1) is 12.7. The van der Waals surface area contributed by atoms with E-state index in [2.05, 4.69) is 12.1 Å². The van der Waals surface area contributed by atoms with Crippen molar-refractivity contribution in [1.82, 2.24) is 0 Å². The molecule has 1 aliphatic heterocycles. The van der Waals surface area contributed by atoms with Crippen LogP contribution in [-0.4, -0.2) is 11.0 Å². The van der Waals surface area contributed by atoms with Gasteiger partial charge in [-0.1, -0.05) is 37.3 Å². The molecular formula is C17H17NO2. The Morgan fingerprint density at radius 2 is 1.70 bits per heavy atom. The third kappa shape index (κ3) is 1.95. The first-order chi connectivity index (χ1) is 9.72. The minimum Gasteiger partial charge on any atom is -0.508 e. The van der Waals surface area contributed by atoms with Crippen molar-refractivity contribution >= 4 is 11.6 Å². The van der Waals surface area contributed by atoms with Gasteiger partial charge in [-0.3, -0.25) is 4.79 Å². The number of carbonyl (C=O) groups excluding carboxylic acids is 1. The number of amides is 1. The van der Waals surface area contributed by atoms with Gasteiger partial charge in [-0.2, -0.15) is 0 Å². The summed E-state index contributed by atoms with van der Waals surface area (Å²) in [5.41, 5.74) is 2.00. The monoisotopic (exact) mass is 267 g/mol. The molecule has 3 rings (SSSR count). The van der Waals surface area contributed by atoms with Gasteiger partial charge in [-0.15, -0.1) is 0 Å². The predicted octanol–water partition coefficient (Wildman–Crippen LogP) is 3.51. The number of carbonyl (C=O) groups is 1. The van der Waals surface area contributed by atoms with Gasteiger partial charge in [0, 0.05) is 5.69 Å². The maximum atomic E-state index is 12.3. The molecule has 1 saturated heterocycles. The second kappa shape index (κ2) is 5.00. The zero-order valence-corrected chi connectivity index (χ0v) is 11.4. The number of benzene rings is 2. The lowest BCUT2D eigenvalue weighted by Gasteiger charge is -2.47. The number of hydrogen-bond acceptors (Lipinski definition) is 2. The smallest absolute Gasteiger partial charge is 0.233 e. The fraction of sp³-hybridized carbons (Fsp3) is 0.235. The molecule has 2 atom stereocenters. The van der Waals surface area contributed by atoms with Crippen LogP contribution in [0.25, 0.3) is 0 Å². The van der Waals surface area contributed by atoms with E-state index in [0.29, 0.717) is 0 Å². The maximum Gasteiger partial charge on any atom is 0.233 e. The van der Waals surface area contributed by atoms with Crippen LogP contribution in [0.1, 0.15) is 24.9 Å². The van der Waals surface area contributed by atoms with E-state index in [0.717, 1.165) is 17.7 Å². The standard InChI is InChI=1S/C17H17NO2/c1-2-15-16(12-6-4-3-5-7-12)18(17(15)20)13-8-10-14(19)11-9-13/h3-11,15-16,19H,2H2,1H3/t15-,16-/m1/s1. The van der Waals surface area contributed by atoms with Crippen LogP contribution in [0.3, 0.4) is 0 Å². The van der Waals surface area contributed by atoms with Gasteiger partial charge in [0.1, 0.15) is 5.75 Å². The molecule has 0 saturated carbocycles. The normalized spacial score (nSPS) is 21.6. The summed E-state index contributed by atoms with van der Waals surface area (Å²) in [6.07, 6.45) is 0.840. The lowest BCUT2D eigenvalue weighted by molar-refractivity contribution is -0.130. The molecule has 1 N–H and O–H groups in total. The molecule has 1 amide bonds. The van der Waals surface area contributed by atoms with Crippen LogP contribution in [0.15, 0.2) is 54.6 Å². The zero-order valence-electron chi connectivity index (χ0n) is 11.4. The number of hydrogen-bond donors (Lipinski definition) is 1. The summed E-state index contributed by atoms with van der Waals surface area (Å²) < 4.78 is 0. The van der Waals surface area contributed by atoms with Crippen molar-refractivity contribution in [3.8, 4) is 5.75 Å². The maximum absolute atomic E-state index is 12.3. The first-order valence-electron chi connectivity index (χ1n) is 6.89. The van der Waals surface area contributed by atoms with Gasteiger partial charge in [-0.05, 0) is 36.2 Å². The molecule has 20 heavy (non-hydrogen) atoms. The van der Waals surface area contributed by atoms with Gasteiger partial charge in [0.05, 0.1) is 12.0 Å². The first-order valence-corrected chi connectivity index (χ1v) is 6.89. The molecule has 0 aliphatic carbocycles. The second-order valence-electron chi connectivity index (χ2n) is 5.09. The Bertz CT molecular complexity index is 607. The molecule has 2 aromatic carbocycles. The average molecular weight is 267 g/mol. The molecule has 1 aliphatic rings. The number of aromatic hydroxyl groups is 1. The number of anilines is 1. The fourth-order valence-electron chi connectivity index (χ4n) is 2.88. The van der Waals surface area contributed by atoms with E-state index in [1.165, 1.54) is 0 Å². The molecule has 3 heteroatoms. The Labute approximate surface area is 118 Å². The molecule has 0 unspecified atom stereocenters. The van der Waals surface area contributed by atoms with Gasteiger partial charge in [0.2, 0.25) is 5.91 Å². The van der Waals surface area contributed by atoms with E-state index in [9.17, 15) is 9.90 Å². The van der Waals surface area contributed by atoms with Crippen molar-refractivity contribution in [1.29, 1.82) is 0 Å². The second-order valence-corrected chi connectivity index (χ2v) is 5.09. The van der Waals surface area contributed by atoms with Gasteiger partial charge in [0.15, 0.2) is 0 Å². The minimum absolute atomic E-state index is 0.0474. The highest BCUT2D eigenvalue weighted by Crippen LogP contribution is 2.44. The minimum atomic E-state index is 0.0474. The molecule has 102 valence electrons. The van der Waals surface area contributed by atoms with Gasteiger partial charge in [-0.25, -0.2) is 0 Å². The summed E-state index contributed by atoms with van der Waals surface area (Å²) in [5.74, 6) is 0.420. The van der Waals surface area contributed by atoms with Gasteiger partial charge in [0.25, 0.3) is 0 Å². The quantitative estimate of drug-likeness (QED) is 0.865. The Hall–Kier alpha value is -2.29. The molecule has 1 fully saturated rings. The van der Waals surface area contributed by atoms with Crippen LogP contribution >= 0.6 is 0 Å². The lowest BCUT2D eigenvalue weighted by Crippen LogP contribution is -2.55. The van der Waals surface area contributed by atoms with E-state index >= 15 is 0 Å². The Morgan fingerprint density at radius 1 is 1.05 bits per heavy atom. The van der Waals surface area contributed by atoms with Crippen molar-refractivity contribution in [2.24, 2.45) is 5.92 Å². The number of rotatable bonds is 3. The summed E-state index contributed by atoms with van der Waals surface area (Å²) in [6, 6.07) is 17.0. The topological polar surface area (TPSA) is 40.5 Å². The zero-order chi connectivity index (χ0) is 14.1. The molecular weight excluding hydrogens is 250 g/mol. The van der Waals surface area contributed by atoms with Crippen molar-refractivity contribution in [3.63, 3.8) is 0 Å². The van der Waals surface area contributed by atoms with E-state index in [1.807, 2.05) is 30.0 Å². The van der Waals surface area contributed by atoms with Crippen molar-refractivity contribution in [2.45, 2.75) is 19.4 Å². The Morgan fingerprint density at radius 3 is 2.30 bits per heavy atom. The number of phenolic OH excluding ortho intramolecular Hbond substituents is 1. The average Bonchev–Trinajstić information content (AvgIpc) is 2.48. The highest BCUT2D eigenvalue weighted by atomic mass is 16.3. The van der Waals surface area contributed by atoms with Gasteiger partial charge >= 0.3 is 0 Å². The van der Waals surface area contributed by atoms with Crippen LogP contribution in [0, 0.1) is 5.92 Å². The largest absolute Gasteiger partial charge is 0.508 e. The van der Waals surface area contributed by atoms with Crippen LogP contribution in [0.4, 0.5) is 5.69 Å². The number of nitrogens with zero attached hydrogens (tertiary/aromatic N) is 1. The lowest BCUT2D eigenvalue weighted by atomic mass is 9.80. The van der Waals surface area contributed by atoms with E-state index < -0.39 is 0 Å². The van der Waals surface area contributed by atoms with Crippen molar-refractivity contribution in [3.05, 3.63) is 60.2 Å². The Balaban J connectivity index is 1.97. The van der Waals surface area contributed by atoms with E-state index in [4.69, 9.17) is 0 Å². The molecule has 0 bridgehead atoms. The molecule has 1 heterocycles. The molecule has 2 aromatic rings. The fourth-order valence-corrected chi connectivity index (χ4v) is 2.88. The summed E-state index contributed by atoms with van der Waals surface area (Å²) in [6.45, 7) is 2.05. The molecule has 3 nitrogen and oxygen atoms in total. The summed E-state index contributed by atoms with van der Waals surface area (Å²) >= 11 is 0.